The quantitative estimate of drug-likeness (QED) is 0.706. The third-order valence-electron chi connectivity index (χ3n) is 3.02. The minimum absolute atomic E-state index is 0.312. The molecule has 1 saturated heterocycles. The van der Waals surface area contributed by atoms with Crippen LogP contribution in [0.4, 0.5) is 0 Å². The second-order valence-corrected chi connectivity index (χ2v) is 5.66. The molecule has 1 saturated carbocycles. The fourth-order valence-electron chi connectivity index (χ4n) is 2.14. The molecule has 14 heavy (non-hydrogen) atoms. The van der Waals surface area contributed by atoms with Gasteiger partial charge in [0, 0.05) is 24.9 Å². The number of hydrogen-bond donors (Lipinski definition) is 0. The second-order valence-electron chi connectivity index (χ2n) is 4.15. The highest BCUT2D eigenvalue weighted by Crippen LogP contribution is 2.32. The molecule has 1 atom stereocenters. The molecule has 0 aromatic heterocycles. The molecule has 2 fully saturated rings. The maximum absolute atomic E-state index is 11.6. The van der Waals surface area contributed by atoms with Crippen molar-refractivity contribution in [1.29, 1.82) is 0 Å². The summed E-state index contributed by atoms with van der Waals surface area (Å²) in [6.07, 6.45) is 6.56. The first kappa shape index (κ1) is 10.5. The molecule has 0 aromatic rings. The second kappa shape index (κ2) is 5.17. The Hall–Kier alpha value is -0.0200. The fourth-order valence-corrected chi connectivity index (χ4v) is 3.64. The van der Waals surface area contributed by atoms with Gasteiger partial charge in [-0.25, -0.2) is 0 Å². The summed E-state index contributed by atoms with van der Waals surface area (Å²) in [6, 6.07) is 0. The number of thioether (sulfide) groups is 1. The summed E-state index contributed by atoms with van der Waals surface area (Å²) in [5.74, 6) is 0.493. The lowest BCUT2D eigenvalue weighted by atomic mass is 9.99. The number of hydrogen-bond acceptors (Lipinski definition) is 3. The van der Waals surface area contributed by atoms with E-state index in [1.54, 1.807) is 0 Å². The van der Waals surface area contributed by atoms with Gasteiger partial charge < -0.3 is 4.74 Å². The van der Waals surface area contributed by atoms with Gasteiger partial charge in [-0.15, -0.1) is 11.8 Å². The van der Waals surface area contributed by atoms with Crippen molar-refractivity contribution in [1.82, 2.24) is 0 Å². The minimum Gasteiger partial charge on any atom is -0.381 e. The predicted octanol–water partition coefficient (Wildman–Crippen LogP) is 2.41. The third-order valence-corrected chi connectivity index (χ3v) is 4.71. The van der Waals surface area contributed by atoms with E-state index in [1.807, 2.05) is 11.8 Å². The third kappa shape index (κ3) is 2.74. The van der Waals surface area contributed by atoms with Crippen LogP contribution >= 0.6 is 11.8 Å². The van der Waals surface area contributed by atoms with Crippen LogP contribution in [-0.2, 0) is 9.53 Å². The number of Topliss-reactive ketones (excluding diaryl/α,β-unsaturated/α-hetero) is 1. The Morgan fingerprint density at radius 1 is 1.14 bits per heavy atom. The topological polar surface area (TPSA) is 26.3 Å². The summed E-state index contributed by atoms with van der Waals surface area (Å²) >= 11 is 1.92. The molecule has 0 bridgehead atoms. The minimum atomic E-state index is 0.312. The zero-order valence-electron chi connectivity index (χ0n) is 8.54. The van der Waals surface area contributed by atoms with Crippen molar-refractivity contribution < 1.29 is 9.53 Å². The molecule has 2 rings (SSSR count). The Bertz CT molecular complexity index is 199. The molecule has 1 unspecified atom stereocenters. The van der Waals surface area contributed by atoms with E-state index in [2.05, 4.69) is 0 Å². The highest BCUT2D eigenvalue weighted by atomic mass is 32.2. The van der Waals surface area contributed by atoms with Gasteiger partial charge in [-0.05, 0) is 25.7 Å². The van der Waals surface area contributed by atoms with E-state index in [9.17, 15) is 4.79 Å². The summed E-state index contributed by atoms with van der Waals surface area (Å²) in [7, 11) is 0. The highest BCUT2D eigenvalue weighted by Gasteiger charge is 2.26. The zero-order valence-corrected chi connectivity index (χ0v) is 9.35. The Morgan fingerprint density at radius 2 is 1.93 bits per heavy atom. The van der Waals surface area contributed by atoms with Crippen LogP contribution in [0.1, 0.15) is 38.5 Å². The van der Waals surface area contributed by atoms with E-state index in [0.717, 1.165) is 45.3 Å². The van der Waals surface area contributed by atoms with Crippen LogP contribution in [0.3, 0.4) is 0 Å². The predicted molar refractivity (Wildman–Crippen MR) is 58.7 cm³/mol. The largest absolute Gasteiger partial charge is 0.381 e. The van der Waals surface area contributed by atoms with Crippen LogP contribution in [0.25, 0.3) is 0 Å². The molecular weight excluding hydrogens is 196 g/mol. The molecule has 0 aromatic carbocycles. The molecule has 0 amide bonds. The smallest absolute Gasteiger partial charge is 0.145 e. The zero-order chi connectivity index (χ0) is 9.80. The molecule has 3 heteroatoms. The first-order chi connectivity index (χ1) is 6.86. The van der Waals surface area contributed by atoms with Gasteiger partial charge in [-0.1, -0.05) is 6.42 Å². The molecule has 0 N–H and O–H groups in total. The maximum atomic E-state index is 11.6. The Labute approximate surface area is 89.8 Å². The number of ketones is 1. The van der Waals surface area contributed by atoms with Crippen molar-refractivity contribution in [3.8, 4) is 0 Å². The average molecular weight is 214 g/mol. The van der Waals surface area contributed by atoms with Gasteiger partial charge in [-0.3, -0.25) is 4.79 Å². The number of ether oxygens (including phenoxy) is 1. The average Bonchev–Trinajstić information content (AvgIpc) is 2.23. The normalized spacial score (nSPS) is 30.6. The van der Waals surface area contributed by atoms with E-state index in [0.29, 0.717) is 16.3 Å². The van der Waals surface area contributed by atoms with E-state index in [-0.39, 0.29) is 0 Å². The van der Waals surface area contributed by atoms with Crippen LogP contribution in [0, 0.1) is 0 Å². The van der Waals surface area contributed by atoms with Gasteiger partial charge in [0.05, 0.1) is 5.25 Å². The van der Waals surface area contributed by atoms with Crippen molar-refractivity contribution in [2.45, 2.75) is 49.0 Å². The molecule has 80 valence electrons. The van der Waals surface area contributed by atoms with Crippen LogP contribution < -0.4 is 0 Å². The standard InChI is InChI=1S/C11H18O2S/c12-10-3-1-2-4-11(10)14-9-5-7-13-8-6-9/h9,11H,1-8H2. The first-order valence-corrected chi connectivity index (χ1v) is 6.56. The fraction of sp³-hybridized carbons (Fsp3) is 0.909. The molecule has 2 nitrogen and oxygen atoms in total. The maximum Gasteiger partial charge on any atom is 0.145 e. The van der Waals surface area contributed by atoms with Crippen LogP contribution in [0.5, 0.6) is 0 Å². The molecule has 1 aliphatic carbocycles. The Balaban J connectivity index is 1.79. The summed E-state index contributed by atoms with van der Waals surface area (Å²) < 4.78 is 5.32. The van der Waals surface area contributed by atoms with E-state index in [1.165, 1.54) is 6.42 Å². The van der Waals surface area contributed by atoms with Gasteiger partial charge in [-0.2, -0.15) is 0 Å². The SMILES string of the molecule is O=C1CCCCC1SC1CCOCC1. The van der Waals surface area contributed by atoms with Crippen molar-refractivity contribution in [2.75, 3.05) is 13.2 Å². The summed E-state index contributed by atoms with van der Waals surface area (Å²) in [5.41, 5.74) is 0. The lowest BCUT2D eigenvalue weighted by Crippen LogP contribution is -2.27. The van der Waals surface area contributed by atoms with Gasteiger partial charge in [0.1, 0.15) is 5.78 Å². The number of carbonyl (C=O) groups excluding carboxylic acids is 1. The van der Waals surface area contributed by atoms with Gasteiger partial charge in [0.15, 0.2) is 0 Å². The highest BCUT2D eigenvalue weighted by molar-refractivity contribution is 8.01. The van der Waals surface area contributed by atoms with Crippen molar-refractivity contribution >= 4 is 17.5 Å². The van der Waals surface area contributed by atoms with Gasteiger partial charge in [0.25, 0.3) is 0 Å². The molecule has 2 aliphatic rings. The van der Waals surface area contributed by atoms with Crippen LogP contribution in [-0.4, -0.2) is 29.5 Å². The molecule has 1 aliphatic heterocycles. The number of carbonyl (C=O) groups is 1. The lowest BCUT2D eigenvalue weighted by Gasteiger charge is -2.27. The van der Waals surface area contributed by atoms with E-state index in [4.69, 9.17) is 4.74 Å². The van der Waals surface area contributed by atoms with Gasteiger partial charge >= 0.3 is 0 Å². The van der Waals surface area contributed by atoms with Crippen molar-refractivity contribution in [3.63, 3.8) is 0 Å². The summed E-state index contributed by atoms with van der Waals surface area (Å²) in [4.78, 5) is 11.6. The van der Waals surface area contributed by atoms with E-state index < -0.39 is 0 Å². The Morgan fingerprint density at radius 3 is 2.64 bits per heavy atom. The summed E-state index contributed by atoms with van der Waals surface area (Å²) in [6.45, 7) is 1.77. The lowest BCUT2D eigenvalue weighted by molar-refractivity contribution is -0.119. The molecule has 1 heterocycles. The monoisotopic (exact) mass is 214 g/mol. The number of rotatable bonds is 2. The van der Waals surface area contributed by atoms with E-state index >= 15 is 0 Å². The van der Waals surface area contributed by atoms with Crippen LogP contribution in [0.2, 0.25) is 0 Å². The van der Waals surface area contributed by atoms with Crippen molar-refractivity contribution in [2.24, 2.45) is 0 Å². The molecule has 0 radical (unpaired) electrons. The Kier molecular flexibility index (Phi) is 3.88. The van der Waals surface area contributed by atoms with Gasteiger partial charge in [0.2, 0.25) is 0 Å². The summed E-state index contributed by atoms with van der Waals surface area (Å²) in [5, 5.41) is 0.989. The molecule has 0 spiro atoms. The molecular formula is C11H18O2S. The van der Waals surface area contributed by atoms with Crippen LogP contribution in [0.15, 0.2) is 0 Å². The first-order valence-electron chi connectivity index (χ1n) is 5.62. The van der Waals surface area contributed by atoms with Crippen molar-refractivity contribution in [3.05, 3.63) is 0 Å².